The van der Waals surface area contributed by atoms with Gasteiger partial charge in [0.2, 0.25) is 5.91 Å². The first-order valence-electron chi connectivity index (χ1n) is 10.8. The molecule has 7 heteroatoms. The Morgan fingerprint density at radius 2 is 1.47 bits per heavy atom. The number of aryl methyl sites for hydroxylation is 2. The maximum atomic E-state index is 13.7. The van der Waals surface area contributed by atoms with Gasteiger partial charge in [0.05, 0.1) is 18.4 Å². The molecule has 0 atom stereocenters. The van der Waals surface area contributed by atoms with Gasteiger partial charge in [-0.05, 0) is 67.4 Å². The SMILES string of the molecule is COc1ccccc1C1=C(Nc2ccc(NC(C)=O)cc2)C(=O)N(c2cc(C)cc(C)c2)C1=O. The number of carbonyl (C=O) groups is 3. The predicted molar refractivity (Wildman–Crippen MR) is 133 cm³/mol. The minimum Gasteiger partial charge on any atom is -0.496 e. The van der Waals surface area contributed by atoms with Crippen molar-refractivity contribution in [2.45, 2.75) is 20.8 Å². The summed E-state index contributed by atoms with van der Waals surface area (Å²) in [6.07, 6.45) is 0. The zero-order valence-corrected chi connectivity index (χ0v) is 19.4. The predicted octanol–water partition coefficient (Wildman–Crippen LogP) is 4.67. The number of methoxy groups -OCH3 is 1. The summed E-state index contributed by atoms with van der Waals surface area (Å²) < 4.78 is 5.49. The normalized spacial score (nSPS) is 13.4. The van der Waals surface area contributed by atoms with Crippen LogP contribution >= 0.6 is 0 Å². The molecule has 3 aromatic carbocycles. The number of ether oxygens (including phenoxy) is 1. The lowest BCUT2D eigenvalue weighted by Crippen LogP contribution is -2.32. The average Bonchev–Trinajstić information content (AvgIpc) is 3.03. The molecule has 1 aliphatic rings. The van der Waals surface area contributed by atoms with E-state index in [2.05, 4.69) is 10.6 Å². The molecule has 0 fully saturated rings. The summed E-state index contributed by atoms with van der Waals surface area (Å²) in [7, 11) is 1.52. The third-order valence-electron chi connectivity index (χ3n) is 5.40. The lowest BCUT2D eigenvalue weighted by atomic mass is 10.0. The number of nitrogens with one attached hydrogen (secondary N) is 2. The van der Waals surface area contributed by atoms with Crippen molar-refractivity contribution in [3.63, 3.8) is 0 Å². The number of hydrogen-bond donors (Lipinski definition) is 2. The summed E-state index contributed by atoms with van der Waals surface area (Å²) in [5, 5.41) is 5.84. The molecule has 0 aliphatic carbocycles. The summed E-state index contributed by atoms with van der Waals surface area (Å²) in [6.45, 7) is 5.28. The Morgan fingerprint density at radius 3 is 2.09 bits per heavy atom. The van der Waals surface area contributed by atoms with Gasteiger partial charge < -0.3 is 15.4 Å². The minimum absolute atomic E-state index is 0.154. The number of imide groups is 1. The fourth-order valence-corrected chi connectivity index (χ4v) is 4.05. The summed E-state index contributed by atoms with van der Waals surface area (Å²) in [5.74, 6) is -0.581. The topological polar surface area (TPSA) is 87.7 Å². The minimum atomic E-state index is -0.457. The molecule has 0 aromatic heterocycles. The molecule has 7 nitrogen and oxygen atoms in total. The summed E-state index contributed by atoms with van der Waals surface area (Å²) in [6, 6.07) is 19.6. The molecule has 3 aromatic rings. The van der Waals surface area contributed by atoms with E-state index >= 15 is 0 Å². The molecular weight excluding hydrogens is 430 g/mol. The van der Waals surface area contributed by atoms with Crippen LogP contribution in [0.5, 0.6) is 5.75 Å². The van der Waals surface area contributed by atoms with Crippen molar-refractivity contribution in [2.24, 2.45) is 0 Å². The van der Waals surface area contributed by atoms with Crippen molar-refractivity contribution in [1.82, 2.24) is 0 Å². The summed E-state index contributed by atoms with van der Waals surface area (Å²) in [4.78, 5) is 39.8. The quantitative estimate of drug-likeness (QED) is 0.528. The fourth-order valence-electron chi connectivity index (χ4n) is 4.05. The zero-order chi connectivity index (χ0) is 24.4. The Labute approximate surface area is 198 Å². The van der Waals surface area contributed by atoms with Crippen molar-refractivity contribution >= 4 is 40.4 Å². The first-order valence-corrected chi connectivity index (χ1v) is 10.8. The number of hydrogen-bond acceptors (Lipinski definition) is 5. The number of anilines is 3. The second-order valence-electron chi connectivity index (χ2n) is 8.13. The number of nitrogens with zero attached hydrogens (tertiary/aromatic N) is 1. The van der Waals surface area contributed by atoms with Gasteiger partial charge in [0.1, 0.15) is 11.4 Å². The number of carbonyl (C=O) groups excluding carboxylic acids is 3. The first kappa shape index (κ1) is 22.8. The molecule has 2 N–H and O–H groups in total. The maximum absolute atomic E-state index is 13.7. The number of para-hydroxylation sites is 1. The van der Waals surface area contributed by atoms with Crippen LogP contribution in [0.4, 0.5) is 17.1 Å². The van der Waals surface area contributed by atoms with Gasteiger partial charge in [0.15, 0.2) is 0 Å². The molecule has 0 saturated heterocycles. The van der Waals surface area contributed by atoms with Crippen LogP contribution in [-0.2, 0) is 14.4 Å². The Kier molecular flexibility index (Phi) is 6.19. The van der Waals surface area contributed by atoms with Gasteiger partial charge in [0.25, 0.3) is 11.8 Å². The first-order chi connectivity index (χ1) is 16.3. The van der Waals surface area contributed by atoms with Gasteiger partial charge in [-0.1, -0.05) is 24.3 Å². The molecule has 34 heavy (non-hydrogen) atoms. The van der Waals surface area contributed by atoms with Crippen molar-refractivity contribution in [2.75, 3.05) is 22.6 Å². The number of benzene rings is 3. The third kappa shape index (κ3) is 4.41. The van der Waals surface area contributed by atoms with Gasteiger partial charge in [-0.2, -0.15) is 0 Å². The molecule has 0 saturated carbocycles. The van der Waals surface area contributed by atoms with Crippen LogP contribution in [-0.4, -0.2) is 24.8 Å². The molecule has 4 rings (SSSR count). The molecule has 172 valence electrons. The second-order valence-corrected chi connectivity index (χ2v) is 8.13. The molecule has 0 spiro atoms. The van der Waals surface area contributed by atoms with E-state index in [4.69, 9.17) is 4.74 Å². The van der Waals surface area contributed by atoms with Crippen LogP contribution in [0.3, 0.4) is 0 Å². The molecule has 3 amide bonds. The third-order valence-corrected chi connectivity index (χ3v) is 5.40. The van der Waals surface area contributed by atoms with Crippen LogP contribution in [0, 0.1) is 13.8 Å². The van der Waals surface area contributed by atoms with E-state index in [9.17, 15) is 14.4 Å². The van der Waals surface area contributed by atoms with Crippen LogP contribution in [0.25, 0.3) is 5.57 Å². The van der Waals surface area contributed by atoms with Gasteiger partial charge in [-0.15, -0.1) is 0 Å². The molecule has 0 unspecified atom stereocenters. The highest BCUT2D eigenvalue weighted by atomic mass is 16.5. The monoisotopic (exact) mass is 455 g/mol. The number of rotatable bonds is 6. The van der Waals surface area contributed by atoms with Gasteiger partial charge in [0, 0.05) is 23.9 Å². The highest BCUT2D eigenvalue weighted by Crippen LogP contribution is 2.37. The molecule has 1 aliphatic heterocycles. The summed E-state index contributed by atoms with van der Waals surface area (Å²) >= 11 is 0. The lowest BCUT2D eigenvalue weighted by Gasteiger charge is -2.17. The van der Waals surface area contributed by atoms with E-state index in [1.165, 1.54) is 18.9 Å². The molecule has 0 radical (unpaired) electrons. The largest absolute Gasteiger partial charge is 0.496 e. The molecular formula is C27H25N3O4. The van der Waals surface area contributed by atoms with Gasteiger partial charge in [-0.25, -0.2) is 4.90 Å². The van der Waals surface area contributed by atoms with Crippen molar-refractivity contribution in [3.05, 3.63) is 89.1 Å². The number of amides is 3. The van der Waals surface area contributed by atoms with E-state index in [1.807, 2.05) is 32.0 Å². The van der Waals surface area contributed by atoms with Gasteiger partial charge >= 0.3 is 0 Å². The average molecular weight is 456 g/mol. The maximum Gasteiger partial charge on any atom is 0.282 e. The Hall–Kier alpha value is -4.39. The van der Waals surface area contributed by atoms with E-state index in [0.717, 1.165) is 11.1 Å². The highest BCUT2D eigenvalue weighted by molar-refractivity contribution is 6.46. The summed E-state index contributed by atoms with van der Waals surface area (Å²) in [5.41, 5.74) is 4.54. The zero-order valence-electron chi connectivity index (χ0n) is 19.4. The molecule has 1 heterocycles. The van der Waals surface area contributed by atoms with E-state index in [-0.39, 0.29) is 17.2 Å². The van der Waals surface area contributed by atoms with Crippen molar-refractivity contribution in [1.29, 1.82) is 0 Å². The van der Waals surface area contributed by atoms with E-state index in [1.54, 1.807) is 48.5 Å². The van der Waals surface area contributed by atoms with Crippen LogP contribution < -0.4 is 20.3 Å². The van der Waals surface area contributed by atoms with Crippen LogP contribution in [0.2, 0.25) is 0 Å². The van der Waals surface area contributed by atoms with Gasteiger partial charge in [-0.3, -0.25) is 14.4 Å². The van der Waals surface area contributed by atoms with E-state index < -0.39 is 11.8 Å². The highest BCUT2D eigenvalue weighted by Gasteiger charge is 2.41. The smallest absolute Gasteiger partial charge is 0.282 e. The standard InChI is InChI=1S/C27H25N3O4/c1-16-13-17(2)15-21(14-16)30-26(32)24(22-7-5-6-8-23(22)34-4)25(27(30)33)29-20-11-9-19(10-12-20)28-18(3)31/h5-15,29H,1-4H3,(H,28,31). The van der Waals surface area contributed by atoms with E-state index in [0.29, 0.717) is 28.4 Å². The van der Waals surface area contributed by atoms with Crippen molar-refractivity contribution < 1.29 is 19.1 Å². The van der Waals surface area contributed by atoms with Crippen LogP contribution in [0.15, 0.2) is 72.4 Å². The second kappa shape index (κ2) is 9.23. The van der Waals surface area contributed by atoms with Crippen LogP contribution in [0.1, 0.15) is 23.6 Å². The Morgan fingerprint density at radius 1 is 0.853 bits per heavy atom. The Balaban J connectivity index is 1.81. The van der Waals surface area contributed by atoms with Crippen molar-refractivity contribution in [3.8, 4) is 5.75 Å². The Bertz CT molecular complexity index is 1310. The fraction of sp³-hybridized carbons (Fsp3) is 0.148. The lowest BCUT2D eigenvalue weighted by molar-refractivity contribution is -0.120. The molecule has 0 bridgehead atoms.